The van der Waals surface area contributed by atoms with E-state index in [9.17, 15) is 9.90 Å². The molecular formula is C17H15N3O2. The van der Waals surface area contributed by atoms with E-state index in [4.69, 9.17) is 5.73 Å². The first-order chi connectivity index (χ1) is 10.6. The highest BCUT2D eigenvalue weighted by molar-refractivity contribution is 5.93. The minimum Gasteiger partial charge on any atom is -0.508 e. The molecule has 0 aliphatic heterocycles. The van der Waals surface area contributed by atoms with Crippen molar-refractivity contribution >= 4 is 28.2 Å². The Kier molecular flexibility index (Phi) is 3.62. The predicted molar refractivity (Wildman–Crippen MR) is 86.6 cm³/mol. The van der Waals surface area contributed by atoms with Crippen LogP contribution in [0.3, 0.4) is 0 Å². The Balaban J connectivity index is 1.76. The second kappa shape index (κ2) is 5.73. The molecule has 0 saturated carbocycles. The van der Waals surface area contributed by atoms with Gasteiger partial charge >= 0.3 is 0 Å². The molecule has 0 aliphatic carbocycles. The fourth-order valence-electron chi connectivity index (χ4n) is 2.22. The molecule has 0 atom stereocenters. The van der Waals surface area contributed by atoms with Gasteiger partial charge < -0.3 is 16.2 Å². The molecule has 110 valence electrons. The summed E-state index contributed by atoms with van der Waals surface area (Å²) in [5.41, 5.74) is 8.49. The number of phenolic OH excluding ortho intramolecular Hbond substituents is 1. The molecule has 22 heavy (non-hydrogen) atoms. The number of carbonyl (C=O) groups is 1. The molecule has 0 aliphatic rings. The van der Waals surface area contributed by atoms with Gasteiger partial charge in [-0.15, -0.1) is 0 Å². The third-order valence-corrected chi connectivity index (χ3v) is 3.30. The highest BCUT2D eigenvalue weighted by Crippen LogP contribution is 2.19. The number of para-hydroxylation sites is 1. The lowest BCUT2D eigenvalue weighted by Gasteiger charge is -2.07. The summed E-state index contributed by atoms with van der Waals surface area (Å²) in [4.78, 5) is 16.5. The average molecular weight is 293 g/mol. The first-order valence-electron chi connectivity index (χ1n) is 6.85. The number of pyridine rings is 1. The topological polar surface area (TPSA) is 88.2 Å². The van der Waals surface area contributed by atoms with Crippen molar-refractivity contribution in [1.82, 2.24) is 4.98 Å². The molecule has 0 unspecified atom stereocenters. The molecule has 5 heteroatoms. The number of anilines is 2. The van der Waals surface area contributed by atoms with E-state index >= 15 is 0 Å². The number of hydrogen-bond donors (Lipinski definition) is 3. The highest BCUT2D eigenvalue weighted by atomic mass is 16.3. The number of aromatic nitrogens is 1. The number of nitrogens with one attached hydrogen (secondary N) is 1. The number of fused-ring (bicyclic) bond motifs is 1. The van der Waals surface area contributed by atoms with Crippen LogP contribution in [-0.4, -0.2) is 16.0 Å². The molecule has 4 N–H and O–H groups in total. The van der Waals surface area contributed by atoms with Gasteiger partial charge in [0.2, 0.25) is 5.91 Å². The monoisotopic (exact) mass is 293 g/mol. The molecular weight excluding hydrogens is 278 g/mol. The Morgan fingerprint density at radius 3 is 2.64 bits per heavy atom. The molecule has 1 heterocycles. The Morgan fingerprint density at radius 2 is 1.86 bits per heavy atom. The number of phenols is 1. The number of rotatable bonds is 3. The van der Waals surface area contributed by atoms with Gasteiger partial charge in [-0.25, -0.2) is 0 Å². The SMILES string of the molecule is Nc1cccc2ccc(CC(=O)Nc3ccc(O)cc3)nc12. The van der Waals surface area contributed by atoms with Crippen LogP contribution in [0, 0.1) is 0 Å². The van der Waals surface area contributed by atoms with Crippen molar-refractivity contribution in [2.45, 2.75) is 6.42 Å². The van der Waals surface area contributed by atoms with Crippen LogP contribution in [0.15, 0.2) is 54.6 Å². The lowest BCUT2D eigenvalue weighted by atomic mass is 10.1. The number of nitrogens with zero attached hydrogens (tertiary/aromatic N) is 1. The largest absolute Gasteiger partial charge is 0.508 e. The molecule has 5 nitrogen and oxygen atoms in total. The molecule has 2 aromatic carbocycles. The first kappa shape index (κ1) is 13.9. The standard InChI is InChI=1S/C17H15N3O2/c18-15-3-1-2-11-4-5-13(20-17(11)15)10-16(22)19-12-6-8-14(21)9-7-12/h1-9,21H,10,18H2,(H,19,22). The minimum absolute atomic E-state index is 0.157. The van der Waals surface area contributed by atoms with E-state index in [1.54, 1.807) is 18.2 Å². The van der Waals surface area contributed by atoms with E-state index in [1.807, 2.05) is 24.3 Å². The number of carbonyl (C=O) groups excluding carboxylic acids is 1. The van der Waals surface area contributed by atoms with Crippen molar-refractivity contribution < 1.29 is 9.90 Å². The van der Waals surface area contributed by atoms with Crippen LogP contribution < -0.4 is 11.1 Å². The molecule has 3 aromatic rings. The third-order valence-electron chi connectivity index (χ3n) is 3.30. The van der Waals surface area contributed by atoms with Gasteiger partial charge in [0, 0.05) is 11.1 Å². The normalized spacial score (nSPS) is 10.5. The van der Waals surface area contributed by atoms with Gasteiger partial charge in [0.05, 0.1) is 23.3 Å². The number of benzene rings is 2. The summed E-state index contributed by atoms with van der Waals surface area (Å²) < 4.78 is 0. The maximum absolute atomic E-state index is 12.0. The number of nitrogen functional groups attached to an aromatic ring is 1. The Morgan fingerprint density at radius 1 is 1.09 bits per heavy atom. The van der Waals surface area contributed by atoms with Gasteiger partial charge in [0.1, 0.15) is 5.75 Å². The molecule has 3 rings (SSSR count). The van der Waals surface area contributed by atoms with E-state index in [2.05, 4.69) is 10.3 Å². The summed E-state index contributed by atoms with van der Waals surface area (Å²) in [5, 5.41) is 12.9. The van der Waals surface area contributed by atoms with Gasteiger partial charge in [-0.3, -0.25) is 9.78 Å². The van der Waals surface area contributed by atoms with Crippen molar-refractivity contribution in [2.75, 3.05) is 11.1 Å². The van der Waals surface area contributed by atoms with Crippen molar-refractivity contribution in [3.63, 3.8) is 0 Å². The number of hydrogen-bond acceptors (Lipinski definition) is 4. The van der Waals surface area contributed by atoms with Gasteiger partial charge in [0.25, 0.3) is 0 Å². The van der Waals surface area contributed by atoms with E-state index in [0.717, 1.165) is 5.39 Å². The van der Waals surface area contributed by atoms with Crippen molar-refractivity contribution in [2.24, 2.45) is 0 Å². The number of aromatic hydroxyl groups is 1. The fourth-order valence-corrected chi connectivity index (χ4v) is 2.22. The van der Waals surface area contributed by atoms with Crippen LogP contribution in [-0.2, 0) is 11.2 Å². The molecule has 1 aromatic heterocycles. The van der Waals surface area contributed by atoms with Crippen LogP contribution in [0.5, 0.6) is 5.75 Å². The minimum atomic E-state index is -0.174. The Labute approximate surface area is 127 Å². The summed E-state index contributed by atoms with van der Waals surface area (Å²) >= 11 is 0. The maximum atomic E-state index is 12.0. The molecule has 0 radical (unpaired) electrons. The average Bonchev–Trinajstić information content (AvgIpc) is 2.50. The number of nitrogens with two attached hydrogens (primary N) is 1. The van der Waals surface area contributed by atoms with Crippen molar-refractivity contribution in [3.8, 4) is 5.75 Å². The summed E-state index contributed by atoms with van der Waals surface area (Å²) in [5.74, 6) is -0.0169. The van der Waals surface area contributed by atoms with E-state index < -0.39 is 0 Å². The van der Waals surface area contributed by atoms with Crippen molar-refractivity contribution in [3.05, 3.63) is 60.3 Å². The number of amides is 1. The van der Waals surface area contributed by atoms with Gasteiger partial charge in [-0.1, -0.05) is 18.2 Å². The van der Waals surface area contributed by atoms with E-state index in [1.165, 1.54) is 12.1 Å². The molecule has 0 spiro atoms. The Hall–Kier alpha value is -3.08. The summed E-state index contributed by atoms with van der Waals surface area (Å²) in [6, 6.07) is 15.6. The zero-order chi connectivity index (χ0) is 15.5. The summed E-state index contributed by atoms with van der Waals surface area (Å²) in [7, 11) is 0. The lowest BCUT2D eigenvalue weighted by molar-refractivity contribution is -0.115. The molecule has 1 amide bonds. The lowest BCUT2D eigenvalue weighted by Crippen LogP contribution is -2.15. The highest BCUT2D eigenvalue weighted by Gasteiger charge is 2.07. The van der Waals surface area contributed by atoms with E-state index in [0.29, 0.717) is 22.6 Å². The summed E-state index contributed by atoms with van der Waals surface area (Å²) in [6.45, 7) is 0. The Bertz CT molecular complexity index is 829. The molecule has 0 saturated heterocycles. The van der Waals surface area contributed by atoms with Crippen molar-refractivity contribution in [1.29, 1.82) is 0 Å². The predicted octanol–water partition coefficient (Wildman–Crippen LogP) is 2.70. The third kappa shape index (κ3) is 2.98. The van der Waals surface area contributed by atoms with Crippen LogP contribution in [0.2, 0.25) is 0 Å². The second-order valence-corrected chi connectivity index (χ2v) is 4.99. The quantitative estimate of drug-likeness (QED) is 0.512. The van der Waals surface area contributed by atoms with Crippen LogP contribution >= 0.6 is 0 Å². The first-order valence-corrected chi connectivity index (χ1v) is 6.85. The van der Waals surface area contributed by atoms with Crippen LogP contribution in [0.4, 0.5) is 11.4 Å². The molecule has 0 fully saturated rings. The van der Waals surface area contributed by atoms with Gasteiger partial charge in [-0.05, 0) is 36.4 Å². The van der Waals surface area contributed by atoms with Gasteiger partial charge in [-0.2, -0.15) is 0 Å². The summed E-state index contributed by atoms with van der Waals surface area (Å²) in [6.07, 6.45) is 0.158. The second-order valence-electron chi connectivity index (χ2n) is 4.99. The smallest absolute Gasteiger partial charge is 0.230 e. The zero-order valence-electron chi connectivity index (χ0n) is 11.8. The van der Waals surface area contributed by atoms with Crippen LogP contribution in [0.25, 0.3) is 10.9 Å². The maximum Gasteiger partial charge on any atom is 0.230 e. The molecule has 0 bridgehead atoms. The fraction of sp³-hybridized carbons (Fsp3) is 0.0588. The van der Waals surface area contributed by atoms with E-state index in [-0.39, 0.29) is 18.1 Å². The van der Waals surface area contributed by atoms with Gasteiger partial charge in [0.15, 0.2) is 0 Å². The van der Waals surface area contributed by atoms with Crippen LogP contribution in [0.1, 0.15) is 5.69 Å². The zero-order valence-corrected chi connectivity index (χ0v) is 11.8.